The number of imidazole rings is 1. The van der Waals surface area contributed by atoms with Gasteiger partial charge in [-0.1, -0.05) is 51.4 Å². The van der Waals surface area contributed by atoms with Crippen molar-refractivity contribution in [1.29, 1.82) is 0 Å². The van der Waals surface area contributed by atoms with Crippen molar-refractivity contribution in [3.8, 4) is 0 Å². The summed E-state index contributed by atoms with van der Waals surface area (Å²) in [4.78, 5) is 7.98. The van der Waals surface area contributed by atoms with E-state index in [9.17, 15) is 5.11 Å². The first-order valence-electron chi connectivity index (χ1n) is 9.27. The molecule has 0 aliphatic heterocycles. The quantitative estimate of drug-likeness (QED) is 0.823. The predicted molar refractivity (Wildman–Crippen MR) is 104 cm³/mol. The molecule has 6 nitrogen and oxygen atoms in total. The molecular formula is C18H31N5OS. The summed E-state index contributed by atoms with van der Waals surface area (Å²) in [6.45, 7) is 8.30. The largest absolute Gasteiger partial charge is 0.395 e. The second-order valence-electron chi connectivity index (χ2n) is 8.29. The summed E-state index contributed by atoms with van der Waals surface area (Å²) in [5.74, 6) is 0. The molecule has 2 aromatic rings. The molecule has 140 valence electrons. The molecule has 0 saturated heterocycles. The Labute approximate surface area is 154 Å². The van der Waals surface area contributed by atoms with Crippen molar-refractivity contribution in [2.75, 3.05) is 32.1 Å². The van der Waals surface area contributed by atoms with E-state index in [2.05, 4.69) is 43.1 Å². The van der Waals surface area contributed by atoms with Crippen LogP contribution in [-0.2, 0) is 5.41 Å². The van der Waals surface area contributed by atoms with Crippen molar-refractivity contribution in [3.05, 3.63) is 11.9 Å². The second kappa shape index (κ2) is 7.21. The average molecular weight is 366 g/mol. The summed E-state index contributed by atoms with van der Waals surface area (Å²) in [7, 11) is 2.13. The standard InChI is InChI=1S/C18H31N5OS/c1-17(2,3)14-12-23-16(20-14)25-15(21-23)19-13-18(22(4)10-11-24)8-6-5-7-9-18/h12,24H,5-11,13H2,1-4H3,(H,19,21). The number of nitrogens with one attached hydrogen (secondary N) is 1. The van der Waals surface area contributed by atoms with Crippen LogP contribution in [0.15, 0.2) is 6.20 Å². The fourth-order valence-electron chi connectivity index (χ4n) is 3.66. The molecule has 0 atom stereocenters. The molecular weight excluding hydrogens is 334 g/mol. The van der Waals surface area contributed by atoms with E-state index >= 15 is 0 Å². The van der Waals surface area contributed by atoms with Gasteiger partial charge in [0, 0.05) is 24.0 Å². The van der Waals surface area contributed by atoms with E-state index in [0.29, 0.717) is 0 Å². The van der Waals surface area contributed by atoms with Gasteiger partial charge in [0.1, 0.15) is 0 Å². The SMILES string of the molecule is CN(CCO)C1(CNc2nn3cc(C(C)(C)C)nc3s2)CCCCC1. The van der Waals surface area contributed by atoms with Gasteiger partial charge in [-0.15, -0.1) is 5.10 Å². The molecule has 0 aromatic carbocycles. The number of aliphatic hydroxyl groups excluding tert-OH is 1. The van der Waals surface area contributed by atoms with Gasteiger partial charge in [0.15, 0.2) is 0 Å². The minimum atomic E-state index is 0.0418. The van der Waals surface area contributed by atoms with Gasteiger partial charge in [0.25, 0.3) is 0 Å². The number of rotatable bonds is 6. The summed E-state index contributed by atoms with van der Waals surface area (Å²) in [5, 5.41) is 18.5. The van der Waals surface area contributed by atoms with Crippen molar-refractivity contribution in [1.82, 2.24) is 19.5 Å². The first kappa shape index (κ1) is 18.6. The van der Waals surface area contributed by atoms with Gasteiger partial charge in [-0.2, -0.15) is 0 Å². The second-order valence-corrected chi connectivity index (χ2v) is 9.25. The van der Waals surface area contributed by atoms with Crippen LogP contribution >= 0.6 is 11.3 Å². The van der Waals surface area contributed by atoms with E-state index in [1.54, 1.807) is 11.3 Å². The Morgan fingerprint density at radius 1 is 1.32 bits per heavy atom. The fraction of sp³-hybridized carbons (Fsp3) is 0.778. The lowest BCUT2D eigenvalue weighted by Gasteiger charge is -2.44. The molecule has 1 aliphatic rings. The van der Waals surface area contributed by atoms with Crippen LogP contribution in [0, 0.1) is 0 Å². The Hall–Kier alpha value is -1.18. The van der Waals surface area contributed by atoms with Gasteiger partial charge in [0.2, 0.25) is 10.1 Å². The van der Waals surface area contributed by atoms with Crippen LogP contribution in [0.1, 0.15) is 58.6 Å². The summed E-state index contributed by atoms with van der Waals surface area (Å²) >= 11 is 1.61. The molecule has 1 aliphatic carbocycles. The zero-order chi connectivity index (χ0) is 18.1. The molecule has 3 rings (SSSR count). The number of aliphatic hydroxyl groups is 1. The van der Waals surface area contributed by atoms with E-state index in [-0.39, 0.29) is 17.6 Å². The molecule has 2 aromatic heterocycles. The van der Waals surface area contributed by atoms with Crippen molar-refractivity contribution in [2.45, 2.75) is 63.8 Å². The maximum atomic E-state index is 9.34. The summed E-state index contributed by atoms with van der Waals surface area (Å²) in [6, 6.07) is 0. The van der Waals surface area contributed by atoms with Crippen molar-refractivity contribution in [3.63, 3.8) is 0 Å². The zero-order valence-corrected chi connectivity index (χ0v) is 16.7. The van der Waals surface area contributed by atoms with Crippen molar-refractivity contribution in [2.24, 2.45) is 0 Å². The van der Waals surface area contributed by atoms with E-state index in [1.165, 1.54) is 32.1 Å². The number of hydrogen-bond donors (Lipinski definition) is 2. The molecule has 0 spiro atoms. The van der Waals surface area contributed by atoms with Crippen LogP contribution in [0.2, 0.25) is 0 Å². The Morgan fingerprint density at radius 3 is 2.64 bits per heavy atom. The smallest absolute Gasteiger partial charge is 0.214 e. The first-order chi connectivity index (χ1) is 11.8. The lowest BCUT2D eigenvalue weighted by atomic mass is 9.80. The van der Waals surface area contributed by atoms with Gasteiger partial charge >= 0.3 is 0 Å². The molecule has 0 bridgehead atoms. The molecule has 25 heavy (non-hydrogen) atoms. The summed E-state index contributed by atoms with van der Waals surface area (Å²) < 4.78 is 1.89. The molecule has 2 N–H and O–H groups in total. The predicted octanol–water partition coefficient (Wildman–Crippen LogP) is 3.13. The molecule has 7 heteroatoms. The highest BCUT2D eigenvalue weighted by atomic mass is 32.1. The number of likely N-dealkylation sites (N-methyl/N-ethyl adjacent to an activating group) is 1. The van der Waals surface area contributed by atoms with Crippen LogP contribution in [0.4, 0.5) is 5.13 Å². The maximum Gasteiger partial charge on any atom is 0.214 e. The van der Waals surface area contributed by atoms with E-state index in [0.717, 1.165) is 28.9 Å². The summed E-state index contributed by atoms with van der Waals surface area (Å²) in [5.41, 5.74) is 1.23. The molecule has 0 radical (unpaired) electrons. The molecule has 0 unspecified atom stereocenters. The van der Waals surface area contributed by atoms with Gasteiger partial charge in [-0.25, -0.2) is 9.50 Å². The monoisotopic (exact) mass is 365 g/mol. The third kappa shape index (κ3) is 3.99. The highest BCUT2D eigenvalue weighted by Crippen LogP contribution is 2.34. The topological polar surface area (TPSA) is 65.7 Å². The fourth-order valence-corrected chi connectivity index (χ4v) is 4.44. The summed E-state index contributed by atoms with van der Waals surface area (Å²) in [6.07, 6.45) is 8.21. The van der Waals surface area contributed by atoms with Crippen LogP contribution in [-0.4, -0.2) is 56.9 Å². The Morgan fingerprint density at radius 2 is 2.04 bits per heavy atom. The van der Waals surface area contributed by atoms with Crippen molar-refractivity contribution < 1.29 is 5.11 Å². The normalized spacial score (nSPS) is 18.2. The Bertz CT molecular complexity index is 664. The third-order valence-corrected chi connectivity index (χ3v) is 6.29. The number of hydrogen-bond acceptors (Lipinski definition) is 6. The van der Waals surface area contributed by atoms with Crippen LogP contribution in [0.3, 0.4) is 0 Å². The highest BCUT2D eigenvalue weighted by molar-refractivity contribution is 7.20. The minimum Gasteiger partial charge on any atom is -0.395 e. The van der Waals surface area contributed by atoms with Crippen LogP contribution in [0.25, 0.3) is 4.96 Å². The van der Waals surface area contributed by atoms with Gasteiger partial charge in [-0.3, -0.25) is 4.90 Å². The zero-order valence-electron chi connectivity index (χ0n) is 15.9. The van der Waals surface area contributed by atoms with Gasteiger partial charge in [0.05, 0.1) is 18.5 Å². The lowest BCUT2D eigenvalue weighted by molar-refractivity contribution is 0.0690. The molecule has 1 fully saturated rings. The number of β-amino-alcohol motifs (C(OH)–C–C–N with tert-alkyl or cyclic N) is 1. The van der Waals surface area contributed by atoms with Gasteiger partial charge < -0.3 is 10.4 Å². The Kier molecular flexibility index (Phi) is 5.37. The number of aromatic nitrogens is 3. The maximum absolute atomic E-state index is 9.34. The third-order valence-electron chi connectivity index (χ3n) is 5.41. The molecule has 1 saturated carbocycles. The van der Waals surface area contributed by atoms with Crippen LogP contribution in [0.5, 0.6) is 0 Å². The van der Waals surface area contributed by atoms with Gasteiger partial charge in [-0.05, 0) is 19.9 Å². The van der Waals surface area contributed by atoms with Crippen molar-refractivity contribution >= 4 is 21.4 Å². The van der Waals surface area contributed by atoms with E-state index < -0.39 is 0 Å². The lowest BCUT2D eigenvalue weighted by Crippen LogP contribution is -2.53. The minimum absolute atomic E-state index is 0.0418. The highest BCUT2D eigenvalue weighted by Gasteiger charge is 2.35. The molecule has 2 heterocycles. The van der Waals surface area contributed by atoms with E-state index in [4.69, 9.17) is 4.98 Å². The molecule has 0 amide bonds. The van der Waals surface area contributed by atoms with Crippen LogP contribution < -0.4 is 5.32 Å². The number of fused-ring (bicyclic) bond motifs is 1. The Balaban J connectivity index is 1.72. The average Bonchev–Trinajstić information content (AvgIpc) is 3.12. The first-order valence-corrected chi connectivity index (χ1v) is 10.1. The number of anilines is 1. The number of nitrogens with zero attached hydrogens (tertiary/aromatic N) is 4. The van der Waals surface area contributed by atoms with E-state index in [1.807, 2.05) is 10.7 Å².